The first-order valence-corrected chi connectivity index (χ1v) is 24.1. The largest absolute Gasteiger partial charge is 0.480 e. The van der Waals surface area contributed by atoms with Crippen molar-refractivity contribution in [2.75, 3.05) is 95.9 Å². The van der Waals surface area contributed by atoms with Crippen LogP contribution < -0.4 is 21.3 Å². The lowest BCUT2D eigenvalue weighted by Gasteiger charge is -2.33. The molecule has 0 spiro atoms. The van der Waals surface area contributed by atoms with Crippen LogP contribution in [0, 0.1) is 11.8 Å². The van der Waals surface area contributed by atoms with Gasteiger partial charge in [-0.25, -0.2) is 9.59 Å². The minimum absolute atomic E-state index is 0.0115. The highest BCUT2D eigenvalue weighted by Gasteiger charge is 2.36. The number of ketones is 1. The van der Waals surface area contributed by atoms with Crippen LogP contribution in [-0.2, 0) is 54.4 Å². The number of Topliss-reactive ketones (excluding diaryl/α,β-unsaturated/α-hetero) is 1. The smallest absolute Gasteiger partial charge is 0.326 e. The number of likely N-dealkylation sites (tertiary alicyclic amines) is 1. The molecule has 0 aliphatic carbocycles. The van der Waals surface area contributed by atoms with Gasteiger partial charge in [0.15, 0.2) is 12.0 Å². The lowest BCUT2D eigenvalue weighted by molar-refractivity contribution is -0.143. The van der Waals surface area contributed by atoms with E-state index in [1.54, 1.807) is 50.8 Å². The maximum Gasteiger partial charge on any atom is 0.326 e. The summed E-state index contributed by atoms with van der Waals surface area (Å²) in [7, 11) is 0. The van der Waals surface area contributed by atoms with Gasteiger partial charge in [0.1, 0.15) is 6.04 Å². The van der Waals surface area contributed by atoms with Gasteiger partial charge in [-0.2, -0.15) is 11.8 Å². The molecular formula is C44H65N9O14S. The van der Waals surface area contributed by atoms with Gasteiger partial charge in [0, 0.05) is 82.7 Å². The number of urea groups is 1. The third-order valence-electron chi connectivity index (χ3n) is 11.8. The van der Waals surface area contributed by atoms with Gasteiger partial charge in [-0.15, -0.1) is 0 Å². The minimum atomic E-state index is -1.26. The van der Waals surface area contributed by atoms with Crippen LogP contribution in [0.25, 0.3) is 0 Å². The Morgan fingerprint density at radius 1 is 0.809 bits per heavy atom. The van der Waals surface area contributed by atoms with E-state index in [0.717, 1.165) is 0 Å². The Hall–Kier alpha value is -5.69. The van der Waals surface area contributed by atoms with Gasteiger partial charge in [-0.1, -0.05) is 26.0 Å². The van der Waals surface area contributed by atoms with Crippen molar-refractivity contribution in [1.82, 2.24) is 40.4 Å². The topological polar surface area (TPSA) is 305 Å². The number of fused-ring (bicyclic) bond motifs is 1. The molecule has 3 heterocycles. The number of amides is 6. The summed E-state index contributed by atoms with van der Waals surface area (Å²) < 4.78 is 5.55. The Morgan fingerprint density at radius 3 is 2.03 bits per heavy atom. The van der Waals surface area contributed by atoms with E-state index in [2.05, 4.69) is 21.3 Å². The number of imide groups is 1. The summed E-state index contributed by atoms with van der Waals surface area (Å²) in [5.41, 5.74) is 1.09. The average Bonchev–Trinajstić information content (AvgIpc) is 3.75. The Labute approximate surface area is 399 Å². The molecule has 0 bridgehead atoms. The lowest BCUT2D eigenvalue weighted by atomic mass is 9.97. The number of nitrogens with zero attached hydrogens (tertiary/aromatic N) is 5. The molecule has 4 rings (SSSR count). The summed E-state index contributed by atoms with van der Waals surface area (Å²) >= 11 is 1.46. The number of aliphatic carboxylic acids is 3. The fraction of sp³-hybridized carbons (Fsp3) is 0.636. The molecule has 3 aliphatic heterocycles. The molecule has 7 N–H and O–H groups in total. The van der Waals surface area contributed by atoms with Crippen LogP contribution >= 0.6 is 11.8 Å². The van der Waals surface area contributed by atoms with Gasteiger partial charge >= 0.3 is 29.9 Å². The third-order valence-corrected chi connectivity index (χ3v) is 12.5. The van der Waals surface area contributed by atoms with Crippen LogP contribution in [0.1, 0.15) is 57.9 Å². The first-order chi connectivity index (χ1) is 32.3. The van der Waals surface area contributed by atoms with E-state index in [9.17, 15) is 63.3 Å². The summed E-state index contributed by atoms with van der Waals surface area (Å²) in [5.74, 6) is -6.47. The zero-order valence-corrected chi connectivity index (χ0v) is 39.6. The number of anilines is 1. The van der Waals surface area contributed by atoms with Gasteiger partial charge in [0.25, 0.3) is 0 Å². The summed E-state index contributed by atoms with van der Waals surface area (Å²) in [6, 6.07) is 3.75. The fourth-order valence-corrected chi connectivity index (χ4v) is 8.44. The van der Waals surface area contributed by atoms with Crippen molar-refractivity contribution < 1.29 is 68.0 Å². The SMILES string of the molecule is CSCC[C@H](NC(=O)Nc1ccc(CNC(=O)CN2CCN(CC(=O)O)CCN(CC(=O)O)CCN3CC(=O)OC3C2)cc1)C(=O)C[C@@H](C)C(=O)N[C@@H](CCCCN1C(=O)CC(C)C1=O)C(=O)O. The second kappa shape index (κ2) is 27.3. The molecule has 23 nitrogen and oxygen atoms in total. The number of carboxylic acid groups (broad SMARTS) is 3. The van der Waals surface area contributed by atoms with Crippen LogP contribution in [0.4, 0.5) is 10.5 Å². The molecule has 376 valence electrons. The molecule has 3 saturated heterocycles. The van der Waals surface area contributed by atoms with Crippen molar-refractivity contribution in [2.24, 2.45) is 11.8 Å². The molecule has 68 heavy (non-hydrogen) atoms. The van der Waals surface area contributed by atoms with Crippen molar-refractivity contribution in [1.29, 1.82) is 0 Å². The number of carbonyl (C=O) groups is 10. The van der Waals surface area contributed by atoms with Crippen LogP contribution in [0.5, 0.6) is 0 Å². The second-order valence-electron chi connectivity index (χ2n) is 17.4. The standard InChI is InChI=1S/C44H65N9O14S/c1-28(41(62)47-33(43(64)65)6-4-5-12-53-36(56)21-29(2)42(53)63)20-34(54)32(11-19-68-3)48-44(66)46-31-9-7-30(8-10-31)22-45-35(55)23-51-16-15-49(25-38(57)58)13-14-50(26-39(59)60)17-18-52-27-40(61)67-37(52)24-51/h7-10,28-29,32-33,37H,4-6,11-27H2,1-3H3,(H,45,55)(H,47,62)(H,57,58)(H,59,60)(H,64,65)(H2,46,48,66)/t28-,29?,32+,33+,37?/m1/s1. The van der Waals surface area contributed by atoms with E-state index < -0.39 is 65.8 Å². The molecule has 2 unspecified atom stereocenters. The molecule has 5 atom stereocenters. The maximum atomic E-state index is 13.4. The predicted molar refractivity (Wildman–Crippen MR) is 246 cm³/mol. The molecular weight excluding hydrogens is 911 g/mol. The van der Waals surface area contributed by atoms with Crippen LogP contribution in [0.2, 0.25) is 0 Å². The van der Waals surface area contributed by atoms with E-state index in [1.165, 1.54) is 23.6 Å². The van der Waals surface area contributed by atoms with Crippen LogP contribution in [0.15, 0.2) is 24.3 Å². The Bertz CT molecular complexity index is 1980. The molecule has 3 aliphatic rings. The van der Waals surface area contributed by atoms with Gasteiger partial charge in [-0.05, 0) is 55.4 Å². The summed E-state index contributed by atoms with van der Waals surface area (Å²) in [6.45, 7) is 4.70. The van der Waals surface area contributed by atoms with Crippen molar-refractivity contribution in [2.45, 2.75) is 77.2 Å². The van der Waals surface area contributed by atoms with Crippen molar-refractivity contribution in [3.8, 4) is 0 Å². The number of esters is 1. The number of thioether (sulfide) groups is 1. The van der Waals surface area contributed by atoms with E-state index in [-0.39, 0.29) is 121 Å². The van der Waals surface area contributed by atoms with Gasteiger partial charge < -0.3 is 41.3 Å². The molecule has 0 saturated carbocycles. The molecule has 0 radical (unpaired) electrons. The monoisotopic (exact) mass is 975 g/mol. The molecule has 24 heteroatoms. The normalized spacial score (nSPS) is 20.2. The van der Waals surface area contributed by atoms with E-state index >= 15 is 0 Å². The highest BCUT2D eigenvalue weighted by Crippen LogP contribution is 2.20. The maximum absolute atomic E-state index is 13.4. The minimum Gasteiger partial charge on any atom is -0.480 e. The molecule has 0 aromatic heterocycles. The van der Waals surface area contributed by atoms with Gasteiger partial charge in [0.2, 0.25) is 23.6 Å². The Kier molecular flexibility index (Phi) is 22.1. The lowest BCUT2D eigenvalue weighted by Crippen LogP contribution is -2.51. The number of unbranched alkanes of at least 4 members (excludes halogenated alkanes) is 1. The zero-order valence-electron chi connectivity index (χ0n) is 38.8. The van der Waals surface area contributed by atoms with E-state index in [4.69, 9.17) is 4.74 Å². The summed E-state index contributed by atoms with van der Waals surface area (Å²) in [6.07, 6.45) is 2.06. The van der Waals surface area contributed by atoms with E-state index in [0.29, 0.717) is 42.9 Å². The molecule has 1 aromatic carbocycles. The zero-order chi connectivity index (χ0) is 49.9. The molecule has 3 fully saturated rings. The van der Waals surface area contributed by atoms with Gasteiger partial charge in [-0.3, -0.25) is 62.9 Å². The number of nitrogens with one attached hydrogen (secondary N) is 4. The number of benzene rings is 1. The third kappa shape index (κ3) is 18.4. The molecule has 1 aromatic rings. The number of rotatable bonds is 24. The number of hydrogen-bond acceptors (Lipinski definition) is 16. The van der Waals surface area contributed by atoms with Crippen LogP contribution in [0.3, 0.4) is 0 Å². The number of ether oxygens (including phenoxy) is 1. The van der Waals surface area contributed by atoms with Crippen LogP contribution in [-0.4, -0.2) is 208 Å². The quantitative estimate of drug-likeness (QED) is 0.0392. The average molecular weight is 976 g/mol. The van der Waals surface area contributed by atoms with Crippen molar-refractivity contribution in [3.63, 3.8) is 0 Å². The fourth-order valence-electron chi connectivity index (χ4n) is 7.97. The van der Waals surface area contributed by atoms with Crippen molar-refractivity contribution in [3.05, 3.63) is 29.8 Å². The highest BCUT2D eigenvalue weighted by molar-refractivity contribution is 7.98. The predicted octanol–water partition coefficient (Wildman–Crippen LogP) is -0.450. The number of hydrogen-bond donors (Lipinski definition) is 7. The Morgan fingerprint density at radius 2 is 1.44 bits per heavy atom. The first-order valence-electron chi connectivity index (χ1n) is 22.7. The van der Waals surface area contributed by atoms with Gasteiger partial charge in [0.05, 0.1) is 38.8 Å². The first kappa shape index (κ1) is 54.9. The second-order valence-corrected chi connectivity index (χ2v) is 18.3. The highest BCUT2D eigenvalue weighted by atomic mass is 32.2. The summed E-state index contributed by atoms with van der Waals surface area (Å²) in [5, 5.41) is 39.4. The number of carbonyl (C=O) groups excluding carboxylic acids is 7. The van der Waals surface area contributed by atoms with Crippen molar-refractivity contribution >= 4 is 76.8 Å². The molecule has 6 amide bonds. The Balaban J connectivity index is 1.25. The van der Waals surface area contributed by atoms with E-state index in [1.807, 2.05) is 6.26 Å². The summed E-state index contributed by atoms with van der Waals surface area (Å²) in [4.78, 5) is 132. The number of carboxylic acids is 3.